The highest BCUT2D eigenvalue weighted by molar-refractivity contribution is 6.72. The molecule has 2 aliphatic heterocycles. The number of rotatable bonds is 3. The lowest BCUT2D eigenvalue weighted by atomic mass is 10.1. The van der Waals surface area contributed by atoms with E-state index < -0.39 is 8.32 Å². The zero-order valence-corrected chi connectivity index (χ0v) is 28.0. The van der Waals surface area contributed by atoms with Gasteiger partial charge in [0.15, 0.2) is 31.6 Å². The normalized spacial score (nSPS) is 12.0. The van der Waals surface area contributed by atoms with Crippen molar-refractivity contribution >= 4 is 52.5 Å². The van der Waals surface area contributed by atoms with E-state index in [9.17, 15) is 4.80 Å². The maximum Gasteiger partial charge on any atom is 0.187 e. The molecule has 0 spiro atoms. The molecule has 7 aromatic rings. The number of aromatic amines is 2. The molecule has 5 heterocycles. The van der Waals surface area contributed by atoms with Crippen LogP contribution >= 0.6 is 0 Å². The number of hydrogen-bond donors (Lipinski definition) is 3. The van der Waals surface area contributed by atoms with Crippen molar-refractivity contribution in [1.82, 2.24) is 39.9 Å². The second-order valence-corrected chi connectivity index (χ2v) is 16.6. The minimum atomic E-state index is -1.67. The van der Waals surface area contributed by atoms with Crippen molar-refractivity contribution in [3.63, 3.8) is 0 Å². The molecule has 8 bridgehead atoms. The van der Waals surface area contributed by atoms with Gasteiger partial charge in [-0.15, -0.1) is 0 Å². The van der Waals surface area contributed by atoms with E-state index >= 15 is 0 Å². The number of H-pyrrole nitrogens is 2. The summed E-state index contributed by atoms with van der Waals surface area (Å²) < 4.78 is 0. The first kappa shape index (κ1) is 29.8. The van der Waals surface area contributed by atoms with E-state index in [-0.39, 0.29) is 0 Å². The van der Waals surface area contributed by atoms with Gasteiger partial charge >= 0.3 is 0 Å². The Bertz CT molecular complexity index is 2190. The summed E-state index contributed by atoms with van der Waals surface area (Å²) in [5.41, 5.74) is 6.45. The third-order valence-corrected chi connectivity index (χ3v) is 13.4. The lowest BCUT2D eigenvalue weighted by Crippen LogP contribution is -2.30. The molecule has 9 nitrogen and oxygen atoms in total. The molecule has 0 radical (unpaired) electrons. The van der Waals surface area contributed by atoms with Crippen molar-refractivity contribution in [3.05, 3.63) is 97.1 Å². The van der Waals surface area contributed by atoms with Gasteiger partial charge in [-0.1, -0.05) is 118 Å². The molecule has 9 rings (SSSR count). The van der Waals surface area contributed by atoms with Crippen LogP contribution in [0.15, 0.2) is 97.1 Å². The van der Waals surface area contributed by atoms with Crippen molar-refractivity contribution in [3.8, 4) is 45.6 Å². The first-order valence-electron chi connectivity index (χ1n) is 16.4. The lowest BCUT2D eigenvalue weighted by Gasteiger charge is -2.18. The van der Waals surface area contributed by atoms with E-state index in [0.717, 1.165) is 61.9 Å². The highest BCUT2D eigenvalue weighted by atomic mass is 28.4. The van der Waals surface area contributed by atoms with E-state index in [0.29, 0.717) is 45.9 Å². The Morgan fingerprint density at radius 3 is 0.896 bits per heavy atom. The van der Waals surface area contributed by atoms with Gasteiger partial charge in [0, 0.05) is 43.8 Å². The van der Waals surface area contributed by atoms with Gasteiger partial charge in [0.25, 0.3) is 0 Å². The van der Waals surface area contributed by atoms with Gasteiger partial charge in [0.05, 0.1) is 0 Å². The van der Waals surface area contributed by atoms with Crippen LogP contribution in [0.3, 0.4) is 0 Å². The molecule has 3 aromatic heterocycles. The summed E-state index contributed by atoms with van der Waals surface area (Å²) in [7, 11) is -1.67. The number of fused-ring (bicyclic) bond motifs is 20. The van der Waals surface area contributed by atoms with Gasteiger partial charge in [-0.3, -0.25) is 0 Å². The Morgan fingerprint density at radius 2 is 0.667 bits per heavy atom. The molecule has 10 heteroatoms. The molecule has 2 aliphatic rings. The van der Waals surface area contributed by atoms with Crippen molar-refractivity contribution in [2.75, 3.05) is 0 Å². The molecule has 0 fully saturated rings. The largest absolute Gasteiger partial charge is 0.432 e. The monoisotopic (exact) mass is 646 g/mol. The molecule has 0 saturated heterocycles. The van der Waals surface area contributed by atoms with Crippen LogP contribution in [-0.2, 0) is 0 Å². The summed E-state index contributed by atoms with van der Waals surface area (Å²) in [5.74, 6) is 2.39. The molecule has 4 aromatic carbocycles. The molecule has 0 unspecified atom stereocenters. The molecule has 0 amide bonds. The zero-order chi connectivity index (χ0) is 32.8. The first-order chi connectivity index (χ1) is 23.5. The van der Waals surface area contributed by atoms with Crippen LogP contribution < -0.4 is 0 Å². The Balaban J connectivity index is 0.000000377. The smallest absolute Gasteiger partial charge is 0.187 e. The highest BCUT2D eigenvalue weighted by Gasteiger charge is 2.23. The van der Waals surface area contributed by atoms with Crippen LogP contribution in [0, 0.1) is 0 Å². The molecule has 236 valence electrons. The van der Waals surface area contributed by atoms with Crippen molar-refractivity contribution in [2.24, 2.45) is 0 Å². The maximum absolute atomic E-state index is 9.58. The van der Waals surface area contributed by atoms with Gasteiger partial charge < -0.3 is 14.8 Å². The minimum Gasteiger partial charge on any atom is -0.432 e. The van der Waals surface area contributed by atoms with Crippen LogP contribution in [0.1, 0.15) is 20.8 Å². The summed E-state index contributed by atoms with van der Waals surface area (Å²) in [4.78, 5) is 46.3. The number of hydrogen-bond acceptors (Lipinski definition) is 7. The summed E-state index contributed by atoms with van der Waals surface area (Å²) in [6, 6.07) is 35.3. The number of benzene rings is 4. The molecule has 0 aliphatic carbocycles. The average molecular weight is 647 g/mol. The topological polar surface area (TPSA) is 129 Å². The molecule has 3 N–H and O–H groups in total. The van der Waals surface area contributed by atoms with Crippen molar-refractivity contribution in [1.29, 1.82) is 0 Å². The SMILES string of the molecule is CC[Si](O)(CC)CC.c1ccc2c(c1)-c1nc-2nc2[nH]c(nc3nc(nc4[nH]c(n1)c1ccccc41)-c1ccccc1-3)c1ccccc21. The quantitative estimate of drug-likeness (QED) is 0.164. The minimum absolute atomic E-state index is 0.597. The molecular weight excluding hydrogens is 613 g/mol. The van der Waals surface area contributed by atoms with E-state index in [1.165, 1.54) is 0 Å². The zero-order valence-electron chi connectivity index (χ0n) is 27.0. The Hall–Kier alpha value is -5.58. The van der Waals surface area contributed by atoms with Crippen molar-refractivity contribution in [2.45, 2.75) is 38.9 Å². The summed E-state index contributed by atoms with van der Waals surface area (Å²) >= 11 is 0. The fraction of sp³-hybridized carbons (Fsp3) is 0.158. The maximum atomic E-state index is 9.58. The van der Waals surface area contributed by atoms with Crippen LogP contribution in [0.25, 0.3) is 89.7 Å². The second-order valence-electron chi connectivity index (χ2n) is 12.1. The average Bonchev–Trinajstić information content (AvgIpc) is 3.87. The molecular formula is C38H34N8OSi. The molecule has 48 heavy (non-hydrogen) atoms. The Kier molecular flexibility index (Phi) is 7.38. The third kappa shape index (κ3) is 5.06. The van der Waals surface area contributed by atoms with Crippen LogP contribution in [0.5, 0.6) is 0 Å². The Labute approximate surface area is 278 Å². The third-order valence-electron chi connectivity index (χ3n) is 9.43. The predicted molar refractivity (Wildman–Crippen MR) is 195 cm³/mol. The van der Waals surface area contributed by atoms with Crippen LogP contribution in [0.2, 0.25) is 18.1 Å². The van der Waals surface area contributed by atoms with Gasteiger partial charge in [-0.25, -0.2) is 29.9 Å². The van der Waals surface area contributed by atoms with Gasteiger partial charge in [0.1, 0.15) is 22.6 Å². The molecule has 0 saturated carbocycles. The number of aromatic nitrogens is 8. The van der Waals surface area contributed by atoms with Crippen LogP contribution in [-0.4, -0.2) is 53.0 Å². The highest BCUT2D eigenvalue weighted by Crippen LogP contribution is 2.36. The van der Waals surface area contributed by atoms with Crippen LogP contribution in [0.4, 0.5) is 0 Å². The summed E-state index contributed by atoms with van der Waals surface area (Å²) in [6.07, 6.45) is 0. The van der Waals surface area contributed by atoms with Gasteiger partial charge in [0.2, 0.25) is 0 Å². The fourth-order valence-corrected chi connectivity index (χ4v) is 7.84. The van der Waals surface area contributed by atoms with E-state index in [1.54, 1.807) is 0 Å². The first-order valence-corrected chi connectivity index (χ1v) is 19.0. The van der Waals surface area contributed by atoms with Gasteiger partial charge in [-0.2, -0.15) is 0 Å². The number of nitrogens with zero attached hydrogens (tertiary/aromatic N) is 6. The predicted octanol–water partition coefficient (Wildman–Crippen LogP) is 8.85. The molecule has 0 atom stereocenters. The lowest BCUT2D eigenvalue weighted by molar-refractivity contribution is 0.531. The van der Waals surface area contributed by atoms with E-state index in [4.69, 9.17) is 29.9 Å². The standard InChI is InChI=1S/C32H18N8.C6H16OSi/c1-2-10-18-17(9-1)25-33-26(18)38-28-21-13-5-6-14-22(21)30(35-28)40-32-24-16-8-7-15-23(24)31(36-32)39-29-20-12-4-3-11-19(20)27(34-29)37-25;1-4-8(7,5-2)6-3/h1-16H,(H2,33,34,35,36,37,38,39,40);7H,4-6H2,1-3H3. The van der Waals surface area contributed by atoms with Crippen molar-refractivity contribution < 1.29 is 4.80 Å². The fourth-order valence-electron chi connectivity index (χ4n) is 6.34. The van der Waals surface area contributed by atoms with E-state index in [2.05, 4.69) is 30.7 Å². The summed E-state index contributed by atoms with van der Waals surface area (Å²) in [5, 5.41) is 3.82. The van der Waals surface area contributed by atoms with E-state index in [1.807, 2.05) is 97.1 Å². The number of nitrogens with one attached hydrogen (secondary N) is 2. The Morgan fingerprint density at radius 1 is 0.417 bits per heavy atom. The summed E-state index contributed by atoms with van der Waals surface area (Å²) in [6.45, 7) is 6.25. The second kappa shape index (κ2) is 11.9. The van der Waals surface area contributed by atoms with Gasteiger partial charge in [-0.05, 0) is 18.1 Å².